The summed E-state index contributed by atoms with van der Waals surface area (Å²) in [6.07, 6.45) is 0.0950. The Morgan fingerprint density at radius 3 is 2.84 bits per heavy atom. The number of fused-ring (bicyclic) bond motifs is 1. The molecule has 0 saturated heterocycles. The van der Waals surface area contributed by atoms with E-state index in [0.29, 0.717) is 35.8 Å². The maximum Gasteiger partial charge on any atom is 0.265 e. The van der Waals surface area contributed by atoms with Crippen LogP contribution in [-0.4, -0.2) is 36.5 Å². The summed E-state index contributed by atoms with van der Waals surface area (Å²) >= 11 is 1.39. The number of methoxy groups -OCH3 is 1. The lowest BCUT2D eigenvalue weighted by Gasteiger charge is -2.22. The third kappa shape index (κ3) is 4.72. The number of para-hydroxylation sites is 1. The summed E-state index contributed by atoms with van der Waals surface area (Å²) in [7, 11) is 1.65. The average Bonchev–Trinajstić information content (AvgIpc) is 3.29. The van der Waals surface area contributed by atoms with E-state index in [0.717, 1.165) is 16.9 Å². The Bertz CT molecular complexity index is 1080. The molecule has 1 N–H and O–H groups in total. The van der Waals surface area contributed by atoms with E-state index in [1.807, 2.05) is 47.8 Å². The van der Waals surface area contributed by atoms with Crippen LogP contribution in [0.4, 0.5) is 5.69 Å². The van der Waals surface area contributed by atoms with Gasteiger partial charge in [-0.1, -0.05) is 24.3 Å². The molecular weight excluding hydrogens is 412 g/mol. The summed E-state index contributed by atoms with van der Waals surface area (Å²) in [6, 6.07) is 16.9. The van der Waals surface area contributed by atoms with Gasteiger partial charge >= 0.3 is 0 Å². The van der Waals surface area contributed by atoms with E-state index in [2.05, 4.69) is 5.32 Å². The number of thiophene rings is 1. The van der Waals surface area contributed by atoms with E-state index in [-0.39, 0.29) is 11.8 Å². The molecule has 160 valence electrons. The Kier molecular flexibility index (Phi) is 6.23. The minimum absolute atomic E-state index is 0.0599. The molecule has 7 heteroatoms. The van der Waals surface area contributed by atoms with Gasteiger partial charge in [-0.05, 0) is 54.6 Å². The first-order chi connectivity index (χ1) is 15.0. The molecule has 0 saturated carbocycles. The fourth-order valence-corrected chi connectivity index (χ4v) is 4.25. The topological polar surface area (TPSA) is 67.9 Å². The third-order valence-electron chi connectivity index (χ3n) is 5.23. The van der Waals surface area contributed by atoms with Gasteiger partial charge in [0.15, 0.2) is 6.10 Å². The monoisotopic (exact) mass is 436 g/mol. The lowest BCUT2D eigenvalue weighted by atomic mass is 10.1. The molecule has 2 heterocycles. The van der Waals surface area contributed by atoms with Crippen LogP contribution in [0.25, 0.3) is 0 Å². The van der Waals surface area contributed by atoms with Crippen molar-refractivity contribution < 1.29 is 19.1 Å². The van der Waals surface area contributed by atoms with Gasteiger partial charge in [-0.3, -0.25) is 9.59 Å². The molecule has 1 aliphatic heterocycles. The number of nitrogens with one attached hydrogen (secondary N) is 1. The highest BCUT2D eigenvalue weighted by atomic mass is 32.1. The fourth-order valence-electron chi connectivity index (χ4n) is 3.63. The van der Waals surface area contributed by atoms with Crippen molar-refractivity contribution >= 4 is 28.8 Å². The molecule has 0 radical (unpaired) electrons. The highest BCUT2D eigenvalue weighted by Gasteiger charge is 2.28. The third-order valence-corrected chi connectivity index (χ3v) is 6.10. The number of amides is 2. The van der Waals surface area contributed by atoms with E-state index in [9.17, 15) is 9.59 Å². The first-order valence-corrected chi connectivity index (χ1v) is 11.0. The van der Waals surface area contributed by atoms with Gasteiger partial charge in [0.25, 0.3) is 11.8 Å². The highest BCUT2D eigenvalue weighted by Crippen LogP contribution is 2.29. The normalized spacial score (nSPS) is 15.6. The largest absolute Gasteiger partial charge is 0.496 e. The molecule has 6 nitrogen and oxygen atoms in total. The summed E-state index contributed by atoms with van der Waals surface area (Å²) in [5, 5.41) is 4.79. The zero-order valence-corrected chi connectivity index (χ0v) is 18.3. The first kappa shape index (κ1) is 20.9. The molecule has 2 aromatic carbocycles. The summed E-state index contributed by atoms with van der Waals surface area (Å²) in [6.45, 7) is 2.72. The molecule has 1 atom stereocenters. The maximum atomic E-state index is 12.9. The molecular formula is C24H24N2O4S. The SMILES string of the molecule is COc1ccccc1CCN1Cc2cc(NC(=O)c3cccs3)ccc2O[C@@H](C)C1=O. The van der Waals surface area contributed by atoms with Gasteiger partial charge in [-0.25, -0.2) is 0 Å². The number of ether oxygens (including phenoxy) is 2. The molecule has 0 fully saturated rings. The molecule has 1 aromatic heterocycles. The molecule has 3 aromatic rings. The predicted molar refractivity (Wildman–Crippen MR) is 121 cm³/mol. The van der Waals surface area contributed by atoms with Crippen LogP contribution < -0.4 is 14.8 Å². The van der Waals surface area contributed by atoms with Crippen molar-refractivity contribution in [3.63, 3.8) is 0 Å². The molecule has 2 amide bonds. The second-order valence-electron chi connectivity index (χ2n) is 7.34. The Labute approximate surface area is 185 Å². The van der Waals surface area contributed by atoms with Crippen LogP contribution in [0.3, 0.4) is 0 Å². The van der Waals surface area contributed by atoms with Crippen molar-refractivity contribution in [2.45, 2.75) is 26.0 Å². The Balaban J connectivity index is 1.52. The zero-order chi connectivity index (χ0) is 21.8. The van der Waals surface area contributed by atoms with Gasteiger partial charge in [0.05, 0.1) is 12.0 Å². The van der Waals surface area contributed by atoms with E-state index in [1.165, 1.54) is 11.3 Å². The molecule has 1 aliphatic rings. The molecule has 0 spiro atoms. The number of nitrogens with zero attached hydrogens (tertiary/aromatic N) is 1. The number of hydrogen-bond acceptors (Lipinski definition) is 5. The number of carbonyl (C=O) groups is 2. The number of hydrogen-bond donors (Lipinski definition) is 1. The summed E-state index contributed by atoms with van der Waals surface area (Å²) in [5.41, 5.74) is 2.59. The van der Waals surface area contributed by atoms with Crippen molar-refractivity contribution in [3.05, 3.63) is 76.0 Å². The van der Waals surface area contributed by atoms with Crippen molar-refractivity contribution in [1.82, 2.24) is 4.90 Å². The van der Waals surface area contributed by atoms with E-state index >= 15 is 0 Å². The van der Waals surface area contributed by atoms with Gasteiger partial charge in [0, 0.05) is 24.3 Å². The number of benzene rings is 2. The van der Waals surface area contributed by atoms with Crippen LogP contribution >= 0.6 is 11.3 Å². The summed E-state index contributed by atoms with van der Waals surface area (Å²) < 4.78 is 11.3. The lowest BCUT2D eigenvalue weighted by molar-refractivity contribution is -0.137. The first-order valence-electron chi connectivity index (χ1n) is 10.1. The number of carbonyl (C=O) groups excluding carboxylic acids is 2. The summed E-state index contributed by atoms with van der Waals surface area (Å²) in [5.74, 6) is 1.26. The van der Waals surface area contributed by atoms with Crippen LogP contribution in [0.15, 0.2) is 60.0 Å². The van der Waals surface area contributed by atoms with E-state index < -0.39 is 6.10 Å². The van der Waals surface area contributed by atoms with Gasteiger partial charge in [0.1, 0.15) is 11.5 Å². The molecule has 31 heavy (non-hydrogen) atoms. The lowest BCUT2D eigenvalue weighted by Crippen LogP contribution is -2.39. The van der Waals surface area contributed by atoms with Gasteiger partial charge in [-0.2, -0.15) is 0 Å². The van der Waals surface area contributed by atoms with Crippen molar-refractivity contribution in [1.29, 1.82) is 0 Å². The number of anilines is 1. The fraction of sp³-hybridized carbons (Fsp3) is 0.250. The maximum absolute atomic E-state index is 12.9. The van der Waals surface area contributed by atoms with Crippen molar-refractivity contribution in [2.75, 3.05) is 19.0 Å². The minimum Gasteiger partial charge on any atom is -0.496 e. The van der Waals surface area contributed by atoms with Crippen molar-refractivity contribution in [3.8, 4) is 11.5 Å². The number of rotatable bonds is 6. The molecule has 4 rings (SSSR count). The smallest absolute Gasteiger partial charge is 0.265 e. The molecule has 0 bridgehead atoms. The van der Waals surface area contributed by atoms with E-state index in [4.69, 9.17) is 9.47 Å². The molecule has 0 aliphatic carbocycles. The molecule has 0 unspecified atom stereocenters. The Morgan fingerprint density at radius 1 is 1.23 bits per heavy atom. The standard InChI is InChI=1S/C24H24N2O4S/c1-16-24(28)26(12-11-17-6-3-4-7-20(17)29-2)15-18-14-19(9-10-21(18)30-16)25-23(27)22-8-5-13-31-22/h3-10,13-14,16H,11-12,15H2,1-2H3,(H,25,27)/t16-/m0/s1. The minimum atomic E-state index is -0.578. The van der Waals surface area contributed by atoms with Crippen molar-refractivity contribution in [2.24, 2.45) is 0 Å². The highest BCUT2D eigenvalue weighted by molar-refractivity contribution is 7.12. The van der Waals surface area contributed by atoms with Gasteiger partial charge in [0.2, 0.25) is 0 Å². The van der Waals surface area contributed by atoms with Crippen LogP contribution in [0.2, 0.25) is 0 Å². The van der Waals surface area contributed by atoms with E-state index in [1.54, 1.807) is 31.1 Å². The van der Waals surface area contributed by atoms with Gasteiger partial charge < -0.3 is 19.7 Å². The summed E-state index contributed by atoms with van der Waals surface area (Å²) in [4.78, 5) is 27.7. The zero-order valence-electron chi connectivity index (χ0n) is 17.5. The van der Waals surface area contributed by atoms with Crippen LogP contribution in [0, 0.1) is 0 Å². The quantitative estimate of drug-likeness (QED) is 0.623. The second kappa shape index (κ2) is 9.22. The second-order valence-corrected chi connectivity index (χ2v) is 8.28. The van der Waals surface area contributed by atoms with Crippen LogP contribution in [0.5, 0.6) is 11.5 Å². The van der Waals surface area contributed by atoms with Crippen LogP contribution in [-0.2, 0) is 17.8 Å². The predicted octanol–water partition coefficient (Wildman–Crippen LogP) is 4.36. The average molecular weight is 437 g/mol. The van der Waals surface area contributed by atoms with Gasteiger partial charge in [-0.15, -0.1) is 11.3 Å². The Hall–Kier alpha value is -3.32. The van der Waals surface area contributed by atoms with Crippen LogP contribution in [0.1, 0.15) is 27.7 Å². The Morgan fingerprint density at radius 2 is 2.06 bits per heavy atom.